The van der Waals surface area contributed by atoms with Crippen molar-refractivity contribution in [1.29, 1.82) is 0 Å². The van der Waals surface area contributed by atoms with E-state index in [1.165, 1.54) is 4.90 Å². The van der Waals surface area contributed by atoms with E-state index >= 15 is 0 Å². The van der Waals surface area contributed by atoms with Gasteiger partial charge < -0.3 is 15.0 Å². The zero-order valence-electron chi connectivity index (χ0n) is 15.4. The van der Waals surface area contributed by atoms with E-state index in [9.17, 15) is 14.4 Å². The van der Waals surface area contributed by atoms with Gasteiger partial charge in [0.05, 0.1) is 16.6 Å². The fourth-order valence-electron chi connectivity index (χ4n) is 2.97. The van der Waals surface area contributed by atoms with E-state index in [-0.39, 0.29) is 18.9 Å². The molecule has 2 aromatic rings. The lowest BCUT2D eigenvalue weighted by atomic mass is 10.1. The minimum Gasteiger partial charge on any atom is -0.455 e. The number of hydrogen-bond acceptors (Lipinski definition) is 4. The zero-order chi connectivity index (χ0) is 21.1. The highest BCUT2D eigenvalue weighted by molar-refractivity contribution is 6.36. The SMILES string of the molecule is Cc1c(Cl)cccc1NC(=O)COC(=O)[C@@H]1CC(=O)N(c2cc(Cl)ccc2Cl)C1. The number of ether oxygens (including phenoxy) is 1. The molecule has 3 rings (SSSR count). The summed E-state index contributed by atoms with van der Waals surface area (Å²) < 4.78 is 5.09. The minimum atomic E-state index is -0.696. The quantitative estimate of drug-likeness (QED) is 0.674. The van der Waals surface area contributed by atoms with Gasteiger partial charge in [0.2, 0.25) is 5.91 Å². The molecule has 1 aliphatic heterocycles. The van der Waals surface area contributed by atoms with Gasteiger partial charge in [0, 0.05) is 28.7 Å². The molecule has 9 heteroatoms. The van der Waals surface area contributed by atoms with Crippen LogP contribution in [0.1, 0.15) is 12.0 Å². The molecule has 0 bridgehead atoms. The molecule has 152 valence electrons. The molecule has 1 fully saturated rings. The number of rotatable bonds is 5. The highest BCUT2D eigenvalue weighted by atomic mass is 35.5. The Morgan fingerprint density at radius 2 is 1.93 bits per heavy atom. The van der Waals surface area contributed by atoms with Crippen molar-refractivity contribution in [3.05, 3.63) is 57.0 Å². The molecule has 1 heterocycles. The fourth-order valence-corrected chi connectivity index (χ4v) is 3.54. The van der Waals surface area contributed by atoms with Crippen LogP contribution in [0.25, 0.3) is 0 Å². The number of amides is 2. The first-order valence-electron chi connectivity index (χ1n) is 8.73. The van der Waals surface area contributed by atoms with E-state index in [0.717, 1.165) is 0 Å². The van der Waals surface area contributed by atoms with Crippen LogP contribution in [0.2, 0.25) is 15.1 Å². The third-order valence-corrected chi connectivity index (χ3v) is 5.51. The monoisotopic (exact) mass is 454 g/mol. The summed E-state index contributed by atoms with van der Waals surface area (Å²) in [5.41, 5.74) is 1.69. The minimum absolute atomic E-state index is 0.0311. The molecule has 1 N–H and O–H groups in total. The summed E-state index contributed by atoms with van der Waals surface area (Å²) in [6, 6.07) is 9.87. The number of carbonyl (C=O) groups excluding carboxylic acids is 3. The second kappa shape index (κ2) is 9.03. The fraction of sp³-hybridized carbons (Fsp3) is 0.250. The van der Waals surface area contributed by atoms with E-state index < -0.39 is 24.4 Å². The van der Waals surface area contributed by atoms with E-state index in [4.69, 9.17) is 39.5 Å². The van der Waals surface area contributed by atoms with Gasteiger partial charge in [-0.05, 0) is 42.8 Å². The highest BCUT2D eigenvalue weighted by Crippen LogP contribution is 2.33. The summed E-state index contributed by atoms with van der Waals surface area (Å²) in [4.78, 5) is 38.1. The smallest absolute Gasteiger partial charge is 0.311 e. The second-order valence-corrected chi connectivity index (χ2v) is 7.82. The van der Waals surface area contributed by atoms with Gasteiger partial charge in [0.15, 0.2) is 6.61 Å². The maximum Gasteiger partial charge on any atom is 0.311 e. The van der Waals surface area contributed by atoms with E-state index in [1.54, 1.807) is 43.3 Å². The lowest BCUT2D eigenvalue weighted by Crippen LogP contribution is -2.28. The zero-order valence-corrected chi connectivity index (χ0v) is 17.6. The number of anilines is 2. The summed E-state index contributed by atoms with van der Waals surface area (Å²) in [5, 5.41) is 3.94. The largest absolute Gasteiger partial charge is 0.455 e. The molecule has 1 saturated heterocycles. The Hall–Kier alpha value is -2.28. The van der Waals surface area contributed by atoms with Crippen LogP contribution in [-0.4, -0.2) is 30.9 Å². The van der Waals surface area contributed by atoms with Crippen molar-refractivity contribution < 1.29 is 19.1 Å². The topological polar surface area (TPSA) is 75.7 Å². The predicted molar refractivity (Wildman–Crippen MR) is 113 cm³/mol. The molecule has 6 nitrogen and oxygen atoms in total. The van der Waals surface area contributed by atoms with Gasteiger partial charge in [-0.2, -0.15) is 0 Å². The molecule has 0 aliphatic carbocycles. The van der Waals surface area contributed by atoms with Gasteiger partial charge in [-0.25, -0.2) is 0 Å². The molecule has 29 heavy (non-hydrogen) atoms. The molecule has 0 saturated carbocycles. The van der Waals surface area contributed by atoms with Gasteiger partial charge in [-0.15, -0.1) is 0 Å². The molecule has 2 amide bonds. The summed E-state index contributed by atoms with van der Waals surface area (Å²) in [6.07, 6.45) is -0.0311. The number of nitrogens with zero attached hydrogens (tertiary/aromatic N) is 1. The molecule has 0 spiro atoms. The van der Waals surface area contributed by atoms with Crippen LogP contribution >= 0.6 is 34.8 Å². The maximum atomic E-state index is 12.3. The first-order valence-corrected chi connectivity index (χ1v) is 9.86. The normalized spacial score (nSPS) is 16.1. The van der Waals surface area contributed by atoms with Crippen molar-refractivity contribution in [2.24, 2.45) is 5.92 Å². The van der Waals surface area contributed by atoms with Crippen molar-refractivity contribution in [2.75, 3.05) is 23.4 Å². The Morgan fingerprint density at radius 3 is 2.69 bits per heavy atom. The number of benzene rings is 2. The number of esters is 1. The Bertz CT molecular complexity index is 980. The van der Waals surface area contributed by atoms with Gasteiger partial charge in [-0.1, -0.05) is 40.9 Å². The summed E-state index contributed by atoms with van der Waals surface area (Å²) in [5.74, 6) is -2.09. The number of halogens is 3. The summed E-state index contributed by atoms with van der Waals surface area (Å²) >= 11 is 18.1. The van der Waals surface area contributed by atoms with Crippen LogP contribution in [-0.2, 0) is 19.1 Å². The third-order valence-electron chi connectivity index (χ3n) is 4.54. The predicted octanol–water partition coefficient (Wildman–Crippen LogP) is 4.49. The molecular weight excluding hydrogens is 439 g/mol. The highest BCUT2D eigenvalue weighted by Gasteiger charge is 2.37. The average molecular weight is 456 g/mol. The molecule has 1 aliphatic rings. The van der Waals surface area contributed by atoms with Crippen LogP contribution < -0.4 is 10.2 Å². The Kier molecular flexibility index (Phi) is 6.67. The van der Waals surface area contributed by atoms with Gasteiger partial charge in [0.1, 0.15) is 0 Å². The third kappa shape index (κ3) is 5.01. The van der Waals surface area contributed by atoms with Gasteiger partial charge in [0.25, 0.3) is 5.91 Å². The van der Waals surface area contributed by atoms with Crippen LogP contribution in [0.3, 0.4) is 0 Å². The van der Waals surface area contributed by atoms with Crippen LogP contribution in [0.4, 0.5) is 11.4 Å². The van der Waals surface area contributed by atoms with Crippen LogP contribution in [0.15, 0.2) is 36.4 Å². The Labute approximate surface area is 182 Å². The van der Waals surface area contributed by atoms with Gasteiger partial charge in [-0.3, -0.25) is 14.4 Å². The number of nitrogens with one attached hydrogen (secondary N) is 1. The average Bonchev–Trinajstić information content (AvgIpc) is 3.07. The van der Waals surface area contributed by atoms with Crippen molar-refractivity contribution in [1.82, 2.24) is 0 Å². The van der Waals surface area contributed by atoms with Crippen molar-refractivity contribution >= 4 is 64.0 Å². The van der Waals surface area contributed by atoms with E-state index in [2.05, 4.69) is 5.32 Å². The first-order chi connectivity index (χ1) is 13.8. The van der Waals surface area contributed by atoms with Crippen molar-refractivity contribution in [2.45, 2.75) is 13.3 Å². The summed E-state index contributed by atoms with van der Waals surface area (Å²) in [7, 11) is 0. The molecule has 2 aromatic carbocycles. The second-order valence-electron chi connectivity index (χ2n) is 6.57. The molecular formula is C20H17Cl3N2O4. The maximum absolute atomic E-state index is 12.3. The van der Waals surface area contributed by atoms with E-state index in [0.29, 0.717) is 32.0 Å². The molecule has 0 aromatic heterocycles. The molecule has 1 atom stereocenters. The lowest BCUT2D eigenvalue weighted by Gasteiger charge is -2.18. The van der Waals surface area contributed by atoms with Crippen LogP contribution in [0.5, 0.6) is 0 Å². The van der Waals surface area contributed by atoms with Gasteiger partial charge >= 0.3 is 5.97 Å². The first kappa shape index (κ1) is 21.4. The Balaban J connectivity index is 1.57. The number of hydrogen-bond donors (Lipinski definition) is 1. The molecule has 0 unspecified atom stereocenters. The summed E-state index contributed by atoms with van der Waals surface area (Å²) in [6.45, 7) is 1.41. The van der Waals surface area contributed by atoms with Crippen molar-refractivity contribution in [3.8, 4) is 0 Å². The number of carbonyl (C=O) groups is 3. The Morgan fingerprint density at radius 1 is 1.17 bits per heavy atom. The lowest BCUT2D eigenvalue weighted by molar-refractivity contribution is -0.151. The van der Waals surface area contributed by atoms with E-state index in [1.807, 2.05) is 0 Å². The van der Waals surface area contributed by atoms with Crippen LogP contribution in [0, 0.1) is 12.8 Å². The van der Waals surface area contributed by atoms with Crippen molar-refractivity contribution in [3.63, 3.8) is 0 Å². The standard InChI is InChI=1S/C20H17Cl3N2O4/c1-11-14(22)3-2-4-16(11)24-18(26)10-29-20(28)12-7-19(27)25(9-12)17-8-13(21)5-6-15(17)23/h2-6,8,12H,7,9-10H2,1H3,(H,24,26)/t12-/m1/s1. The molecule has 0 radical (unpaired) electrons.